The largest absolute Gasteiger partial charge is 0.452 e. The normalized spacial score (nSPS) is 23.6. The Kier molecular flexibility index (Phi) is 4.00. The second kappa shape index (κ2) is 6.10. The van der Waals surface area contributed by atoms with Crippen LogP contribution in [0, 0.1) is 0 Å². The van der Waals surface area contributed by atoms with Gasteiger partial charge in [-0.15, -0.1) is 0 Å². The van der Waals surface area contributed by atoms with Gasteiger partial charge in [0.1, 0.15) is 0 Å². The van der Waals surface area contributed by atoms with Gasteiger partial charge in [-0.3, -0.25) is 0 Å². The molecule has 2 aromatic rings. The third-order valence-electron chi connectivity index (χ3n) is 5.40. The number of ether oxygens (including phenoxy) is 1. The first-order valence-corrected chi connectivity index (χ1v) is 9.87. The molecule has 0 saturated carbocycles. The summed E-state index contributed by atoms with van der Waals surface area (Å²) >= 11 is 0. The first-order valence-electron chi connectivity index (χ1n) is 8.47. The lowest BCUT2D eigenvalue weighted by atomic mass is 9.73. The molecule has 2 fully saturated rings. The maximum absolute atomic E-state index is 12.9. The van der Waals surface area contributed by atoms with Crippen molar-refractivity contribution in [3.05, 3.63) is 71.8 Å². The molecule has 26 heavy (non-hydrogen) atoms. The summed E-state index contributed by atoms with van der Waals surface area (Å²) in [4.78, 5) is 11.9. The quantitative estimate of drug-likeness (QED) is 0.812. The van der Waals surface area contributed by atoms with Crippen molar-refractivity contribution >= 4 is 16.3 Å². The van der Waals surface area contributed by atoms with Crippen molar-refractivity contribution in [3.63, 3.8) is 0 Å². The average Bonchev–Trinajstić information content (AvgIpc) is 3.18. The topological polar surface area (TPSA) is 66.9 Å². The fourth-order valence-electron chi connectivity index (χ4n) is 4.17. The second-order valence-corrected chi connectivity index (χ2v) is 8.53. The van der Waals surface area contributed by atoms with Crippen LogP contribution in [0.5, 0.6) is 0 Å². The molecular weight excluding hydrogens is 352 g/mol. The van der Waals surface area contributed by atoms with Crippen molar-refractivity contribution < 1.29 is 17.9 Å². The van der Waals surface area contributed by atoms with E-state index < -0.39 is 21.7 Å². The number of hydrogen-bond acceptors (Lipinski definition) is 4. The van der Waals surface area contributed by atoms with Crippen LogP contribution in [0.3, 0.4) is 0 Å². The van der Waals surface area contributed by atoms with Gasteiger partial charge in [0.15, 0.2) is 0 Å². The second-order valence-electron chi connectivity index (χ2n) is 6.73. The van der Waals surface area contributed by atoms with E-state index in [0.717, 1.165) is 15.4 Å². The highest BCUT2D eigenvalue weighted by Crippen LogP contribution is 2.47. The Hall–Kier alpha value is -2.38. The van der Waals surface area contributed by atoms with E-state index in [9.17, 15) is 13.2 Å². The monoisotopic (exact) mass is 372 g/mol. The molecule has 2 aliphatic heterocycles. The van der Waals surface area contributed by atoms with E-state index in [-0.39, 0.29) is 12.6 Å². The highest BCUT2D eigenvalue weighted by atomic mass is 32.2. The number of rotatable bonds is 2. The lowest BCUT2D eigenvalue weighted by Crippen LogP contribution is -2.41. The van der Waals surface area contributed by atoms with Gasteiger partial charge in [-0.1, -0.05) is 60.7 Å². The Morgan fingerprint density at radius 2 is 1.58 bits per heavy atom. The van der Waals surface area contributed by atoms with Crippen LogP contribution in [0.25, 0.3) is 0 Å². The first kappa shape index (κ1) is 17.1. The third kappa shape index (κ3) is 2.42. The molecule has 2 aliphatic rings. The minimum atomic E-state index is -3.87. The van der Waals surface area contributed by atoms with Gasteiger partial charge in [0.05, 0.1) is 13.7 Å². The van der Waals surface area contributed by atoms with Gasteiger partial charge < -0.3 is 4.74 Å². The molecule has 0 radical (unpaired) electrons. The summed E-state index contributed by atoms with van der Waals surface area (Å²) in [5, 5.41) is 0. The molecule has 1 amide bonds. The molecule has 6 nitrogen and oxygen atoms in total. The average molecular weight is 372 g/mol. The van der Waals surface area contributed by atoms with Crippen LogP contribution in [-0.4, -0.2) is 49.4 Å². The molecule has 0 aromatic heterocycles. The molecule has 7 heteroatoms. The maximum Gasteiger partial charge on any atom is 0.424 e. The van der Waals surface area contributed by atoms with E-state index in [1.807, 2.05) is 60.7 Å². The van der Waals surface area contributed by atoms with Crippen molar-refractivity contribution in [2.45, 2.75) is 17.9 Å². The lowest BCUT2D eigenvalue weighted by Gasteiger charge is -2.32. The smallest absolute Gasteiger partial charge is 0.424 e. The highest BCUT2D eigenvalue weighted by molar-refractivity contribution is 7.87. The number of fused-ring (bicyclic) bond motifs is 1. The van der Waals surface area contributed by atoms with Crippen LogP contribution in [-0.2, 0) is 20.4 Å². The van der Waals surface area contributed by atoms with Gasteiger partial charge >= 0.3 is 16.3 Å². The number of benzene rings is 2. The third-order valence-corrected chi connectivity index (χ3v) is 7.27. The molecule has 0 N–H and O–H groups in total. The SMILES string of the molecule is COC(=O)N1C[C@@H]2CC(c3ccccc3)(c3ccccc3)CN2S1(=O)=O. The van der Waals surface area contributed by atoms with Crippen LogP contribution < -0.4 is 0 Å². The Bertz CT molecular complexity index is 876. The number of methoxy groups -OCH3 is 1. The van der Waals surface area contributed by atoms with Crippen molar-refractivity contribution in [2.24, 2.45) is 0 Å². The number of carbonyl (C=O) groups is 1. The molecule has 2 aromatic carbocycles. The first-order chi connectivity index (χ1) is 12.5. The number of nitrogens with zero attached hydrogens (tertiary/aromatic N) is 2. The van der Waals surface area contributed by atoms with Crippen LogP contribution in [0.2, 0.25) is 0 Å². The Morgan fingerprint density at radius 1 is 1.04 bits per heavy atom. The predicted octanol–water partition coefficient (Wildman–Crippen LogP) is 2.37. The zero-order valence-corrected chi connectivity index (χ0v) is 15.2. The van der Waals surface area contributed by atoms with Gasteiger partial charge in [-0.05, 0) is 17.5 Å². The summed E-state index contributed by atoms with van der Waals surface area (Å²) in [5.41, 5.74) is 1.74. The van der Waals surface area contributed by atoms with Crippen molar-refractivity contribution in [2.75, 3.05) is 20.2 Å². The molecule has 4 rings (SSSR count). The molecule has 1 atom stereocenters. The van der Waals surface area contributed by atoms with Crippen molar-refractivity contribution in [1.29, 1.82) is 0 Å². The van der Waals surface area contributed by atoms with Gasteiger partial charge in [-0.2, -0.15) is 17.0 Å². The van der Waals surface area contributed by atoms with Crippen LogP contribution in [0.4, 0.5) is 4.79 Å². The van der Waals surface area contributed by atoms with Gasteiger partial charge in [0.25, 0.3) is 0 Å². The van der Waals surface area contributed by atoms with E-state index in [0.29, 0.717) is 13.0 Å². The Morgan fingerprint density at radius 3 is 2.04 bits per heavy atom. The fraction of sp³-hybridized carbons (Fsp3) is 0.316. The molecule has 0 unspecified atom stereocenters. The molecule has 136 valence electrons. The van der Waals surface area contributed by atoms with Crippen LogP contribution in [0.1, 0.15) is 17.5 Å². The number of hydrogen-bond donors (Lipinski definition) is 0. The van der Waals surface area contributed by atoms with Gasteiger partial charge in [0.2, 0.25) is 0 Å². The summed E-state index contributed by atoms with van der Waals surface area (Å²) in [7, 11) is -2.68. The highest BCUT2D eigenvalue weighted by Gasteiger charge is 2.57. The minimum absolute atomic E-state index is 0.121. The maximum atomic E-state index is 12.9. The van der Waals surface area contributed by atoms with Crippen LogP contribution >= 0.6 is 0 Å². The van der Waals surface area contributed by atoms with E-state index in [1.165, 1.54) is 11.4 Å². The van der Waals surface area contributed by atoms with E-state index >= 15 is 0 Å². The molecular formula is C19H20N2O4S. The summed E-state index contributed by atoms with van der Waals surface area (Å²) in [6.07, 6.45) is -0.210. The fourth-order valence-corrected chi connectivity index (χ4v) is 5.95. The number of carbonyl (C=O) groups excluding carboxylic acids is 1. The molecule has 2 heterocycles. The number of amides is 1. The predicted molar refractivity (Wildman–Crippen MR) is 96.8 cm³/mol. The Labute approximate surface area is 153 Å². The summed E-state index contributed by atoms with van der Waals surface area (Å²) in [6.45, 7) is 0.429. The van der Waals surface area contributed by atoms with E-state index in [1.54, 1.807) is 0 Å². The molecule has 0 aliphatic carbocycles. The summed E-state index contributed by atoms with van der Waals surface area (Å²) in [5.74, 6) is 0. The zero-order chi connectivity index (χ0) is 18.4. The summed E-state index contributed by atoms with van der Waals surface area (Å²) in [6, 6.07) is 19.7. The van der Waals surface area contributed by atoms with E-state index in [4.69, 9.17) is 0 Å². The van der Waals surface area contributed by atoms with Gasteiger partial charge in [-0.25, -0.2) is 4.79 Å². The van der Waals surface area contributed by atoms with E-state index in [2.05, 4.69) is 4.74 Å². The summed E-state index contributed by atoms with van der Waals surface area (Å²) < 4.78 is 32.7. The Balaban J connectivity index is 1.78. The molecule has 0 bridgehead atoms. The van der Waals surface area contributed by atoms with Gasteiger partial charge in [0, 0.05) is 18.0 Å². The standard InChI is InChI=1S/C19H20N2O4S/c1-25-18(22)20-13-17-12-19(14-21(17)26(20,23)24,15-8-4-2-5-9-15)16-10-6-3-7-11-16/h2-11,17H,12-14H2,1H3/t17-/m0/s1. The molecule has 2 saturated heterocycles. The lowest BCUT2D eigenvalue weighted by molar-refractivity contribution is 0.150. The van der Waals surface area contributed by atoms with Crippen molar-refractivity contribution in [3.8, 4) is 0 Å². The van der Waals surface area contributed by atoms with Crippen LogP contribution in [0.15, 0.2) is 60.7 Å². The minimum Gasteiger partial charge on any atom is -0.452 e. The zero-order valence-electron chi connectivity index (χ0n) is 14.4. The molecule has 0 spiro atoms. The van der Waals surface area contributed by atoms with Crippen molar-refractivity contribution in [1.82, 2.24) is 8.61 Å².